The molecular weight excluding hydrogens is 272 g/mol. The van der Waals surface area contributed by atoms with Crippen molar-refractivity contribution in [3.63, 3.8) is 0 Å². The third kappa shape index (κ3) is 2.31. The Morgan fingerprint density at radius 1 is 1.10 bits per heavy atom. The van der Waals surface area contributed by atoms with Crippen LogP contribution >= 0.6 is 0 Å². The summed E-state index contributed by atoms with van der Waals surface area (Å²) in [6, 6.07) is 7.23. The molecule has 6 N–H and O–H groups in total. The summed E-state index contributed by atoms with van der Waals surface area (Å²) in [5.41, 5.74) is 17.3. The van der Waals surface area contributed by atoms with Crippen LogP contribution < -0.4 is 17.2 Å². The molecular formula is C12H12N8O. The molecule has 0 radical (unpaired) electrons. The third-order valence-electron chi connectivity index (χ3n) is 2.90. The summed E-state index contributed by atoms with van der Waals surface area (Å²) in [7, 11) is 0. The van der Waals surface area contributed by atoms with E-state index in [1.807, 2.05) is 12.1 Å². The molecule has 3 aromatic rings. The standard InChI is InChI=1S/C12H12N8O/c13-10(21)9-6-3-1-2-4-7(6)20(19-9)5-8-16-11(14)18-12(15)17-8/h1-4H,5H2,(H2,13,21)(H4,14,15,16,17,18). The highest BCUT2D eigenvalue weighted by atomic mass is 16.1. The quantitative estimate of drug-likeness (QED) is 0.588. The van der Waals surface area contributed by atoms with Crippen LogP contribution in [0, 0.1) is 0 Å². The minimum absolute atomic E-state index is 0.0316. The Bertz CT molecular complexity index is 820. The number of carbonyl (C=O) groups excluding carboxylic acids is 1. The lowest BCUT2D eigenvalue weighted by atomic mass is 10.2. The zero-order chi connectivity index (χ0) is 15.0. The highest BCUT2D eigenvalue weighted by Gasteiger charge is 2.15. The molecule has 0 saturated carbocycles. The van der Waals surface area contributed by atoms with Gasteiger partial charge in [0.15, 0.2) is 11.5 Å². The molecule has 3 rings (SSSR count). The van der Waals surface area contributed by atoms with Gasteiger partial charge in [0.05, 0.1) is 5.52 Å². The maximum Gasteiger partial charge on any atom is 0.269 e. The molecule has 9 heteroatoms. The van der Waals surface area contributed by atoms with Crippen LogP contribution in [0.3, 0.4) is 0 Å². The van der Waals surface area contributed by atoms with Crippen molar-refractivity contribution in [1.82, 2.24) is 24.7 Å². The highest BCUT2D eigenvalue weighted by molar-refractivity contribution is 6.04. The average molecular weight is 284 g/mol. The molecule has 0 unspecified atom stereocenters. The Morgan fingerprint density at radius 2 is 1.76 bits per heavy atom. The number of benzene rings is 1. The van der Waals surface area contributed by atoms with Gasteiger partial charge in [-0.1, -0.05) is 18.2 Å². The first-order valence-corrected chi connectivity index (χ1v) is 6.06. The van der Waals surface area contributed by atoms with Gasteiger partial charge in [0.2, 0.25) is 11.9 Å². The fraction of sp³-hybridized carbons (Fsp3) is 0.0833. The van der Waals surface area contributed by atoms with Crippen molar-refractivity contribution in [2.75, 3.05) is 11.5 Å². The van der Waals surface area contributed by atoms with Gasteiger partial charge < -0.3 is 17.2 Å². The van der Waals surface area contributed by atoms with Gasteiger partial charge in [-0.2, -0.15) is 20.1 Å². The largest absolute Gasteiger partial charge is 0.368 e. The molecule has 9 nitrogen and oxygen atoms in total. The number of amides is 1. The van der Waals surface area contributed by atoms with E-state index in [1.54, 1.807) is 16.8 Å². The molecule has 106 valence electrons. The molecule has 0 aliphatic rings. The number of rotatable bonds is 3. The number of hydrogen-bond donors (Lipinski definition) is 3. The summed E-state index contributed by atoms with van der Waals surface area (Å²) in [6.45, 7) is 0.199. The predicted octanol–water partition coefficient (Wildman–Crippen LogP) is -0.467. The first kappa shape index (κ1) is 12.8. The topological polar surface area (TPSA) is 152 Å². The molecule has 2 heterocycles. The van der Waals surface area contributed by atoms with Gasteiger partial charge in [0, 0.05) is 5.39 Å². The fourth-order valence-electron chi connectivity index (χ4n) is 2.09. The van der Waals surface area contributed by atoms with Crippen molar-refractivity contribution in [1.29, 1.82) is 0 Å². The van der Waals surface area contributed by atoms with E-state index in [4.69, 9.17) is 17.2 Å². The van der Waals surface area contributed by atoms with Crippen LogP contribution in [0.2, 0.25) is 0 Å². The van der Waals surface area contributed by atoms with Crippen LogP contribution in [0.15, 0.2) is 24.3 Å². The van der Waals surface area contributed by atoms with E-state index in [0.717, 1.165) is 5.52 Å². The normalized spacial score (nSPS) is 10.9. The van der Waals surface area contributed by atoms with E-state index in [9.17, 15) is 4.79 Å². The summed E-state index contributed by atoms with van der Waals surface area (Å²) in [4.78, 5) is 23.1. The molecule has 0 aliphatic carbocycles. The minimum atomic E-state index is -0.598. The summed E-state index contributed by atoms with van der Waals surface area (Å²) in [5, 5.41) is 4.87. The van der Waals surface area contributed by atoms with Gasteiger partial charge in [-0.3, -0.25) is 9.48 Å². The van der Waals surface area contributed by atoms with Crippen molar-refractivity contribution in [2.24, 2.45) is 5.73 Å². The molecule has 0 aliphatic heterocycles. The molecule has 0 spiro atoms. The van der Waals surface area contributed by atoms with Crippen molar-refractivity contribution in [3.8, 4) is 0 Å². The van der Waals surface area contributed by atoms with Crippen LogP contribution in [0.5, 0.6) is 0 Å². The lowest BCUT2D eigenvalue weighted by Crippen LogP contribution is -2.14. The average Bonchev–Trinajstić information content (AvgIpc) is 2.77. The van der Waals surface area contributed by atoms with Crippen LogP contribution in [0.25, 0.3) is 10.9 Å². The van der Waals surface area contributed by atoms with Crippen LogP contribution in [0.4, 0.5) is 11.9 Å². The Balaban J connectivity index is 2.10. The predicted molar refractivity (Wildman–Crippen MR) is 76.0 cm³/mol. The Labute approximate surface area is 118 Å². The van der Waals surface area contributed by atoms with E-state index in [2.05, 4.69) is 20.1 Å². The summed E-state index contributed by atoms with van der Waals surface area (Å²) in [5.74, 6) is -0.183. The van der Waals surface area contributed by atoms with Gasteiger partial charge in [0.1, 0.15) is 6.54 Å². The lowest BCUT2D eigenvalue weighted by Gasteiger charge is -2.03. The smallest absolute Gasteiger partial charge is 0.269 e. The van der Waals surface area contributed by atoms with Crippen molar-refractivity contribution >= 4 is 28.7 Å². The molecule has 2 aromatic heterocycles. The SMILES string of the molecule is NC(=O)c1nn(Cc2nc(N)nc(N)n2)c2ccccc12. The first-order valence-electron chi connectivity index (χ1n) is 6.06. The molecule has 0 atom stereocenters. The van der Waals surface area contributed by atoms with Gasteiger partial charge in [-0.05, 0) is 6.07 Å². The zero-order valence-electron chi connectivity index (χ0n) is 10.9. The zero-order valence-corrected chi connectivity index (χ0v) is 10.9. The number of hydrogen-bond acceptors (Lipinski definition) is 7. The van der Waals surface area contributed by atoms with Gasteiger partial charge >= 0.3 is 0 Å². The fourth-order valence-corrected chi connectivity index (χ4v) is 2.09. The summed E-state index contributed by atoms with van der Waals surface area (Å²) >= 11 is 0. The molecule has 1 amide bonds. The van der Waals surface area contributed by atoms with Crippen molar-refractivity contribution in [3.05, 3.63) is 35.8 Å². The number of aromatic nitrogens is 5. The summed E-state index contributed by atoms with van der Waals surface area (Å²) in [6.07, 6.45) is 0. The van der Waals surface area contributed by atoms with E-state index < -0.39 is 5.91 Å². The Hall–Kier alpha value is -3.23. The molecule has 0 bridgehead atoms. The monoisotopic (exact) mass is 284 g/mol. The minimum Gasteiger partial charge on any atom is -0.368 e. The second kappa shape index (κ2) is 4.71. The van der Waals surface area contributed by atoms with Gasteiger partial charge in [-0.15, -0.1) is 0 Å². The van der Waals surface area contributed by atoms with E-state index >= 15 is 0 Å². The maximum atomic E-state index is 11.5. The molecule has 0 saturated heterocycles. The van der Waals surface area contributed by atoms with E-state index in [1.165, 1.54) is 0 Å². The third-order valence-corrected chi connectivity index (χ3v) is 2.90. The molecule has 0 fully saturated rings. The number of fused-ring (bicyclic) bond motifs is 1. The maximum absolute atomic E-state index is 11.5. The molecule has 21 heavy (non-hydrogen) atoms. The number of para-hydroxylation sites is 1. The summed E-state index contributed by atoms with van der Waals surface area (Å²) < 4.78 is 1.57. The number of anilines is 2. The highest BCUT2D eigenvalue weighted by Crippen LogP contribution is 2.18. The Morgan fingerprint density at radius 3 is 2.43 bits per heavy atom. The van der Waals surface area contributed by atoms with Crippen LogP contribution in [-0.2, 0) is 6.54 Å². The van der Waals surface area contributed by atoms with Crippen molar-refractivity contribution < 1.29 is 4.79 Å². The number of nitrogens with zero attached hydrogens (tertiary/aromatic N) is 5. The van der Waals surface area contributed by atoms with Crippen molar-refractivity contribution in [2.45, 2.75) is 6.54 Å². The van der Waals surface area contributed by atoms with Gasteiger partial charge in [-0.25, -0.2) is 0 Å². The second-order valence-electron chi connectivity index (χ2n) is 4.36. The van der Waals surface area contributed by atoms with Crippen LogP contribution in [0.1, 0.15) is 16.3 Å². The van der Waals surface area contributed by atoms with E-state index in [0.29, 0.717) is 11.2 Å². The molecule has 1 aromatic carbocycles. The lowest BCUT2D eigenvalue weighted by molar-refractivity contribution is 0.0996. The number of nitrogen functional groups attached to an aromatic ring is 2. The second-order valence-corrected chi connectivity index (χ2v) is 4.36. The number of carbonyl (C=O) groups is 1. The number of nitrogens with two attached hydrogens (primary N) is 3. The first-order chi connectivity index (χ1) is 10.0. The van der Waals surface area contributed by atoms with Crippen LogP contribution in [-0.4, -0.2) is 30.6 Å². The van der Waals surface area contributed by atoms with E-state index in [-0.39, 0.29) is 24.1 Å². The number of primary amides is 1. The Kier molecular flexibility index (Phi) is 2.87. The van der Waals surface area contributed by atoms with Gasteiger partial charge in [0.25, 0.3) is 5.91 Å².